The first-order chi connectivity index (χ1) is 13.1. The third kappa shape index (κ3) is 5.21. The van der Waals surface area contributed by atoms with Crippen molar-refractivity contribution in [3.05, 3.63) is 36.0 Å². The number of rotatable bonds is 8. The third-order valence-electron chi connectivity index (χ3n) is 3.52. The van der Waals surface area contributed by atoms with Crippen LogP contribution in [-0.2, 0) is 4.79 Å². The summed E-state index contributed by atoms with van der Waals surface area (Å²) in [4.78, 5) is 22.6. The summed E-state index contributed by atoms with van der Waals surface area (Å²) >= 11 is 4.64. The molecule has 142 valence electrons. The number of amides is 1. The Hall–Kier alpha value is -1.64. The molecule has 0 aliphatic heterocycles. The van der Waals surface area contributed by atoms with Gasteiger partial charge in [0.2, 0.25) is 5.91 Å². The molecule has 8 heteroatoms. The van der Waals surface area contributed by atoms with Crippen LogP contribution in [0.4, 0.5) is 5.69 Å². The van der Waals surface area contributed by atoms with Crippen LogP contribution < -0.4 is 5.32 Å². The van der Waals surface area contributed by atoms with Gasteiger partial charge in [-0.1, -0.05) is 37.7 Å². The first kappa shape index (κ1) is 20.1. The number of carbonyl (C=O) groups is 1. The van der Waals surface area contributed by atoms with Gasteiger partial charge in [-0.3, -0.25) is 4.79 Å². The highest BCUT2D eigenvalue weighted by atomic mass is 32.2. The van der Waals surface area contributed by atoms with Gasteiger partial charge in [-0.2, -0.15) is 0 Å². The normalized spacial score (nSPS) is 11.1. The summed E-state index contributed by atoms with van der Waals surface area (Å²) in [7, 11) is 0. The van der Waals surface area contributed by atoms with E-state index in [1.807, 2.05) is 37.3 Å². The lowest BCUT2D eigenvalue weighted by atomic mass is 10.3. The van der Waals surface area contributed by atoms with E-state index in [1.54, 1.807) is 23.5 Å². The highest BCUT2D eigenvalue weighted by molar-refractivity contribution is 8.00. The van der Waals surface area contributed by atoms with Crippen LogP contribution in [0.5, 0.6) is 0 Å². The largest absolute Gasteiger partial charge is 0.431 e. The highest BCUT2D eigenvalue weighted by Crippen LogP contribution is 2.35. The Morgan fingerprint density at radius 3 is 2.63 bits per heavy atom. The van der Waals surface area contributed by atoms with E-state index in [-0.39, 0.29) is 11.7 Å². The zero-order chi connectivity index (χ0) is 19.2. The van der Waals surface area contributed by atoms with E-state index < -0.39 is 0 Å². The van der Waals surface area contributed by atoms with Crippen molar-refractivity contribution in [2.45, 2.75) is 35.9 Å². The molecule has 0 radical (unpaired) electrons. The average Bonchev–Trinajstić information content (AvgIpc) is 3.06. The number of nitrogens with one attached hydrogen (secondary N) is 1. The third-order valence-corrected chi connectivity index (χ3v) is 6.13. The van der Waals surface area contributed by atoms with Crippen molar-refractivity contribution in [2.75, 3.05) is 22.6 Å². The van der Waals surface area contributed by atoms with Crippen LogP contribution in [0.15, 0.2) is 49.9 Å². The first-order valence-electron chi connectivity index (χ1n) is 8.66. The number of benzene rings is 1. The molecule has 0 fully saturated rings. The fourth-order valence-corrected chi connectivity index (χ4v) is 4.80. The molecule has 0 bridgehead atoms. The number of hydrogen-bond acceptors (Lipinski definition) is 7. The summed E-state index contributed by atoms with van der Waals surface area (Å²) in [5.41, 5.74) is 3.29. The number of hydrogen-bond donors (Lipinski definition) is 1. The van der Waals surface area contributed by atoms with Gasteiger partial charge in [0.15, 0.2) is 5.58 Å². The summed E-state index contributed by atoms with van der Waals surface area (Å²) in [6, 6.07) is 9.60. The molecule has 1 amide bonds. The number of aryl methyl sites for hydroxylation is 1. The summed E-state index contributed by atoms with van der Waals surface area (Å²) in [5, 5.41) is 4.42. The number of fused-ring (bicyclic) bond motifs is 1. The van der Waals surface area contributed by atoms with Crippen LogP contribution in [0.3, 0.4) is 0 Å². The predicted octanol–water partition coefficient (Wildman–Crippen LogP) is 5.49. The van der Waals surface area contributed by atoms with Crippen molar-refractivity contribution in [3.63, 3.8) is 0 Å². The second-order valence-corrected chi connectivity index (χ2v) is 9.08. The van der Waals surface area contributed by atoms with Crippen molar-refractivity contribution in [1.82, 2.24) is 9.97 Å². The number of pyridine rings is 1. The zero-order valence-corrected chi connectivity index (χ0v) is 17.9. The number of aromatic nitrogens is 2. The molecular weight excluding hydrogens is 398 g/mol. The lowest BCUT2D eigenvalue weighted by molar-refractivity contribution is -0.113. The second-order valence-electron chi connectivity index (χ2n) is 5.59. The van der Waals surface area contributed by atoms with Gasteiger partial charge in [-0.25, -0.2) is 9.97 Å². The Balaban J connectivity index is 1.72. The van der Waals surface area contributed by atoms with Crippen LogP contribution in [0.1, 0.15) is 19.5 Å². The van der Waals surface area contributed by atoms with Gasteiger partial charge in [0, 0.05) is 10.6 Å². The van der Waals surface area contributed by atoms with Crippen LogP contribution in [-0.4, -0.2) is 33.1 Å². The van der Waals surface area contributed by atoms with Crippen LogP contribution >= 0.6 is 35.3 Å². The molecule has 2 aromatic heterocycles. The van der Waals surface area contributed by atoms with Gasteiger partial charge >= 0.3 is 0 Å². The number of nitrogens with zero attached hydrogens (tertiary/aromatic N) is 2. The zero-order valence-electron chi connectivity index (χ0n) is 15.4. The Bertz CT molecular complexity index is 883. The van der Waals surface area contributed by atoms with Crippen molar-refractivity contribution < 1.29 is 9.21 Å². The predicted molar refractivity (Wildman–Crippen MR) is 115 cm³/mol. The second kappa shape index (κ2) is 9.52. The quantitative estimate of drug-likeness (QED) is 0.484. The molecule has 27 heavy (non-hydrogen) atoms. The lowest BCUT2D eigenvalue weighted by Crippen LogP contribution is -2.16. The molecule has 0 saturated heterocycles. The van der Waals surface area contributed by atoms with Gasteiger partial charge < -0.3 is 9.73 Å². The Labute approximate surface area is 171 Å². The summed E-state index contributed by atoms with van der Waals surface area (Å²) in [5.74, 6) is 1.96. The number of para-hydroxylation sites is 2. The molecule has 3 aromatic rings. The molecule has 1 aromatic carbocycles. The van der Waals surface area contributed by atoms with Gasteiger partial charge in [0.1, 0.15) is 10.5 Å². The monoisotopic (exact) mass is 419 g/mol. The fourth-order valence-electron chi connectivity index (χ4n) is 2.46. The molecule has 0 spiro atoms. The summed E-state index contributed by atoms with van der Waals surface area (Å²) in [6.07, 6.45) is 0. The van der Waals surface area contributed by atoms with E-state index in [2.05, 4.69) is 29.1 Å². The SMILES string of the molecule is CCSc1cc(C)nc(SCC)c1NC(=O)CSc1nc2ccccc2o1. The van der Waals surface area contributed by atoms with Gasteiger partial charge in [-0.15, -0.1) is 23.5 Å². The minimum Gasteiger partial charge on any atom is -0.431 e. The molecule has 0 atom stereocenters. The van der Waals surface area contributed by atoms with E-state index in [0.717, 1.165) is 43.9 Å². The topological polar surface area (TPSA) is 68.0 Å². The molecule has 0 aliphatic rings. The molecule has 1 N–H and O–H groups in total. The molecule has 0 aliphatic carbocycles. The number of thioether (sulfide) groups is 3. The maximum atomic E-state index is 12.6. The Kier molecular flexibility index (Phi) is 7.09. The molecule has 0 saturated carbocycles. The van der Waals surface area contributed by atoms with Crippen molar-refractivity contribution in [2.24, 2.45) is 0 Å². The molecule has 3 rings (SSSR count). The van der Waals surface area contributed by atoms with E-state index in [4.69, 9.17) is 4.42 Å². The average molecular weight is 420 g/mol. The van der Waals surface area contributed by atoms with E-state index >= 15 is 0 Å². The van der Waals surface area contributed by atoms with E-state index in [0.29, 0.717) is 5.22 Å². The van der Waals surface area contributed by atoms with Crippen LogP contribution in [0.2, 0.25) is 0 Å². The molecule has 0 unspecified atom stereocenters. The minimum absolute atomic E-state index is 0.0937. The molecular formula is C19H21N3O2S3. The summed E-state index contributed by atoms with van der Waals surface area (Å²) < 4.78 is 5.66. The van der Waals surface area contributed by atoms with Gasteiger partial charge in [0.05, 0.1) is 11.4 Å². The maximum absolute atomic E-state index is 12.6. The highest BCUT2D eigenvalue weighted by Gasteiger charge is 2.16. The molecule has 2 heterocycles. The number of carbonyl (C=O) groups excluding carboxylic acids is 1. The van der Waals surface area contributed by atoms with E-state index in [1.165, 1.54) is 11.8 Å². The molecule has 5 nitrogen and oxygen atoms in total. The van der Waals surface area contributed by atoms with E-state index in [9.17, 15) is 4.79 Å². The van der Waals surface area contributed by atoms with Crippen LogP contribution in [0, 0.1) is 6.92 Å². The number of oxazole rings is 1. The fraction of sp³-hybridized carbons (Fsp3) is 0.316. The van der Waals surface area contributed by atoms with Crippen LogP contribution in [0.25, 0.3) is 11.1 Å². The minimum atomic E-state index is -0.0937. The van der Waals surface area contributed by atoms with Crippen molar-refractivity contribution >= 4 is 58.0 Å². The van der Waals surface area contributed by atoms with Gasteiger partial charge in [0.25, 0.3) is 5.22 Å². The Morgan fingerprint density at radius 2 is 1.89 bits per heavy atom. The van der Waals surface area contributed by atoms with Gasteiger partial charge in [-0.05, 0) is 36.6 Å². The maximum Gasteiger partial charge on any atom is 0.257 e. The smallest absolute Gasteiger partial charge is 0.257 e. The Morgan fingerprint density at radius 1 is 1.11 bits per heavy atom. The summed E-state index contributed by atoms with van der Waals surface area (Å²) in [6.45, 7) is 6.16. The lowest BCUT2D eigenvalue weighted by Gasteiger charge is -2.14. The number of anilines is 1. The van der Waals surface area contributed by atoms with Crippen molar-refractivity contribution in [3.8, 4) is 0 Å². The van der Waals surface area contributed by atoms with Crippen molar-refractivity contribution in [1.29, 1.82) is 0 Å². The standard InChI is InChI=1S/C19H21N3O2S3/c1-4-25-15-10-12(3)20-18(26-5-2)17(15)22-16(23)11-27-19-21-13-8-6-7-9-14(13)24-19/h6-10H,4-5,11H2,1-3H3,(H,22,23). The first-order valence-corrected chi connectivity index (χ1v) is 11.6.